The first kappa shape index (κ1) is 20.6. The van der Waals surface area contributed by atoms with Crippen LogP contribution in [0.4, 0.5) is 20.7 Å². The molecular weight excluding hydrogens is 373 g/mol. The Hall–Kier alpha value is -3.16. The van der Waals surface area contributed by atoms with E-state index in [0.717, 1.165) is 5.82 Å². The van der Waals surface area contributed by atoms with Crippen LogP contribution >= 0.6 is 0 Å². The van der Waals surface area contributed by atoms with E-state index in [1.54, 1.807) is 17.2 Å². The van der Waals surface area contributed by atoms with Gasteiger partial charge in [-0.3, -0.25) is 4.79 Å². The lowest BCUT2D eigenvalue weighted by atomic mass is 10.1. The normalized spacial score (nSPS) is 14.5. The van der Waals surface area contributed by atoms with Crippen LogP contribution in [0.25, 0.3) is 0 Å². The molecule has 8 heteroatoms. The van der Waals surface area contributed by atoms with Crippen LogP contribution in [0.2, 0.25) is 0 Å². The monoisotopic (exact) mass is 399 g/mol. The molecule has 0 aliphatic carbocycles. The van der Waals surface area contributed by atoms with Gasteiger partial charge < -0.3 is 20.4 Å². The van der Waals surface area contributed by atoms with E-state index >= 15 is 0 Å². The van der Waals surface area contributed by atoms with Gasteiger partial charge in [0.05, 0.1) is 11.9 Å². The molecule has 2 aromatic rings. The molecule has 1 aliphatic rings. The van der Waals surface area contributed by atoms with Crippen molar-refractivity contribution < 1.29 is 14.0 Å². The lowest BCUT2D eigenvalue weighted by Crippen LogP contribution is -2.49. The van der Waals surface area contributed by atoms with E-state index in [4.69, 9.17) is 0 Å². The van der Waals surface area contributed by atoms with Crippen molar-refractivity contribution in [2.75, 3.05) is 36.4 Å². The maximum absolute atomic E-state index is 13.0. The number of hydrogen-bond acceptors (Lipinski definition) is 4. The second-order valence-electron chi connectivity index (χ2n) is 8.02. The molecule has 1 fully saturated rings. The molecule has 0 saturated carbocycles. The molecular formula is C21H26FN5O2. The fourth-order valence-electron chi connectivity index (χ4n) is 3.06. The standard InChI is InChI=1S/C21H26FN5O2/c1-21(2,3)25-20(29)24-17-8-9-18(23-14-17)26-10-12-27(13-11-26)19(28)15-4-6-16(22)7-5-15/h4-9,14H,10-13H2,1-3H3,(H2,24,25,29). The third-order valence-electron chi connectivity index (χ3n) is 4.48. The molecule has 0 bridgehead atoms. The molecule has 0 spiro atoms. The van der Waals surface area contributed by atoms with Crippen molar-refractivity contribution >= 4 is 23.4 Å². The molecule has 3 amide bonds. The molecule has 7 nitrogen and oxygen atoms in total. The van der Waals surface area contributed by atoms with Crippen molar-refractivity contribution in [2.24, 2.45) is 0 Å². The number of halogens is 1. The zero-order valence-corrected chi connectivity index (χ0v) is 16.9. The number of pyridine rings is 1. The van der Waals surface area contributed by atoms with E-state index in [9.17, 15) is 14.0 Å². The highest BCUT2D eigenvalue weighted by Crippen LogP contribution is 2.17. The number of anilines is 2. The lowest BCUT2D eigenvalue weighted by molar-refractivity contribution is 0.0746. The number of carbonyl (C=O) groups excluding carboxylic acids is 2. The van der Waals surface area contributed by atoms with Gasteiger partial charge >= 0.3 is 6.03 Å². The van der Waals surface area contributed by atoms with E-state index in [0.29, 0.717) is 37.4 Å². The maximum atomic E-state index is 13.0. The smallest absolute Gasteiger partial charge is 0.319 e. The van der Waals surface area contributed by atoms with Gasteiger partial charge in [-0.05, 0) is 57.2 Å². The van der Waals surface area contributed by atoms with Gasteiger partial charge in [0.25, 0.3) is 5.91 Å². The molecule has 1 aromatic heterocycles. The molecule has 154 valence electrons. The summed E-state index contributed by atoms with van der Waals surface area (Å²) < 4.78 is 13.0. The van der Waals surface area contributed by atoms with Crippen LogP contribution in [-0.4, -0.2) is 53.5 Å². The average Bonchev–Trinajstić information content (AvgIpc) is 2.67. The van der Waals surface area contributed by atoms with Crippen LogP contribution in [0.3, 0.4) is 0 Å². The fraction of sp³-hybridized carbons (Fsp3) is 0.381. The Labute approximate surface area is 169 Å². The van der Waals surface area contributed by atoms with Gasteiger partial charge in [-0.25, -0.2) is 14.2 Å². The van der Waals surface area contributed by atoms with Crippen molar-refractivity contribution in [2.45, 2.75) is 26.3 Å². The van der Waals surface area contributed by atoms with Gasteiger partial charge in [-0.2, -0.15) is 0 Å². The predicted molar refractivity (Wildman–Crippen MR) is 111 cm³/mol. The molecule has 0 radical (unpaired) electrons. The highest BCUT2D eigenvalue weighted by molar-refractivity contribution is 5.94. The summed E-state index contributed by atoms with van der Waals surface area (Å²) in [6, 6.07) is 8.99. The van der Waals surface area contributed by atoms with Crippen LogP contribution < -0.4 is 15.5 Å². The Morgan fingerprint density at radius 2 is 1.66 bits per heavy atom. The topological polar surface area (TPSA) is 77.6 Å². The Bertz CT molecular complexity index is 854. The van der Waals surface area contributed by atoms with Crippen molar-refractivity contribution in [3.8, 4) is 0 Å². The highest BCUT2D eigenvalue weighted by Gasteiger charge is 2.23. The molecule has 29 heavy (non-hydrogen) atoms. The Balaban J connectivity index is 1.53. The highest BCUT2D eigenvalue weighted by atomic mass is 19.1. The summed E-state index contributed by atoms with van der Waals surface area (Å²) in [4.78, 5) is 32.7. The van der Waals surface area contributed by atoms with Gasteiger partial charge in [0.2, 0.25) is 0 Å². The van der Waals surface area contributed by atoms with E-state index < -0.39 is 0 Å². The third-order valence-corrected chi connectivity index (χ3v) is 4.48. The Morgan fingerprint density at radius 3 is 2.21 bits per heavy atom. The maximum Gasteiger partial charge on any atom is 0.319 e. The number of nitrogens with zero attached hydrogens (tertiary/aromatic N) is 3. The second kappa shape index (κ2) is 8.46. The zero-order chi connectivity index (χ0) is 21.0. The number of benzene rings is 1. The molecule has 0 atom stereocenters. The van der Waals surface area contributed by atoms with E-state index in [1.165, 1.54) is 24.3 Å². The quantitative estimate of drug-likeness (QED) is 0.831. The summed E-state index contributed by atoms with van der Waals surface area (Å²) in [5, 5.41) is 5.59. The van der Waals surface area contributed by atoms with Crippen LogP contribution in [-0.2, 0) is 0 Å². The fourth-order valence-corrected chi connectivity index (χ4v) is 3.06. The molecule has 2 heterocycles. The van der Waals surface area contributed by atoms with Crippen molar-refractivity contribution in [3.05, 3.63) is 54.0 Å². The molecule has 2 N–H and O–H groups in total. The molecule has 3 rings (SSSR count). The SMILES string of the molecule is CC(C)(C)NC(=O)Nc1ccc(N2CCN(C(=O)c3ccc(F)cc3)CC2)nc1. The van der Waals surface area contributed by atoms with E-state index in [2.05, 4.69) is 20.5 Å². The van der Waals surface area contributed by atoms with E-state index in [1.807, 2.05) is 26.8 Å². The Morgan fingerprint density at radius 1 is 1.00 bits per heavy atom. The summed E-state index contributed by atoms with van der Waals surface area (Å²) in [5.41, 5.74) is 0.783. The van der Waals surface area contributed by atoms with Gasteiger partial charge in [0, 0.05) is 37.3 Å². The molecule has 1 aliphatic heterocycles. The number of rotatable bonds is 3. The van der Waals surface area contributed by atoms with Crippen LogP contribution in [0, 0.1) is 5.82 Å². The van der Waals surface area contributed by atoms with Crippen molar-refractivity contribution in [3.63, 3.8) is 0 Å². The van der Waals surface area contributed by atoms with Crippen molar-refractivity contribution in [1.29, 1.82) is 0 Å². The summed E-state index contributed by atoms with van der Waals surface area (Å²) in [5.74, 6) is 0.342. The number of aromatic nitrogens is 1. The second-order valence-corrected chi connectivity index (χ2v) is 8.02. The minimum absolute atomic E-state index is 0.0954. The van der Waals surface area contributed by atoms with Crippen LogP contribution in [0.5, 0.6) is 0 Å². The summed E-state index contributed by atoms with van der Waals surface area (Å²) in [6.45, 7) is 8.16. The van der Waals surface area contributed by atoms with Crippen LogP contribution in [0.15, 0.2) is 42.6 Å². The largest absolute Gasteiger partial charge is 0.353 e. The van der Waals surface area contributed by atoms with Crippen LogP contribution in [0.1, 0.15) is 31.1 Å². The number of nitrogens with one attached hydrogen (secondary N) is 2. The average molecular weight is 399 g/mol. The van der Waals surface area contributed by atoms with Gasteiger partial charge in [0.15, 0.2) is 0 Å². The zero-order valence-electron chi connectivity index (χ0n) is 16.9. The minimum Gasteiger partial charge on any atom is -0.353 e. The third kappa shape index (κ3) is 5.66. The summed E-state index contributed by atoms with van der Waals surface area (Å²) in [7, 11) is 0. The molecule has 1 aromatic carbocycles. The van der Waals surface area contributed by atoms with Gasteiger partial charge in [0.1, 0.15) is 11.6 Å². The summed E-state index contributed by atoms with van der Waals surface area (Å²) in [6.07, 6.45) is 1.62. The lowest BCUT2D eigenvalue weighted by Gasteiger charge is -2.35. The van der Waals surface area contributed by atoms with Gasteiger partial charge in [-0.1, -0.05) is 0 Å². The predicted octanol–water partition coefficient (Wildman–Crippen LogP) is 3.10. The van der Waals surface area contributed by atoms with Crippen molar-refractivity contribution in [1.82, 2.24) is 15.2 Å². The van der Waals surface area contributed by atoms with Gasteiger partial charge in [-0.15, -0.1) is 0 Å². The molecule has 1 saturated heterocycles. The first-order chi connectivity index (χ1) is 13.7. The number of carbonyl (C=O) groups is 2. The Kier molecular flexibility index (Phi) is 6.00. The first-order valence-electron chi connectivity index (χ1n) is 9.56. The first-order valence-corrected chi connectivity index (χ1v) is 9.56. The number of amides is 3. The van der Waals surface area contributed by atoms with E-state index in [-0.39, 0.29) is 23.3 Å². The number of hydrogen-bond donors (Lipinski definition) is 2. The summed E-state index contributed by atoms with van der Waals surface area (Å²) >= 11 is 0. The molecule has 0 unspecified atom stereocenters. The number of urea groups is 1. The number of piperazine rings is 1. The minimum atomic E-state index is -0.355.